The molecule has 2 heterocycles. The number of pyridine rings is 1. The summed E-state index contributed by atoms with van der Waals surface area (Å²) in [6.07, 6.45) is 2.02. The smallest absolute Gasteiger partial charge is 0.283 e. The summed E-state index contributed by atoms with van der Waals surface area (Å²) >= 11 is 3.56. The van der Waals surface area contributed by atoms with Crippen LogP contribution in [0, 0.1) is 0 Å². The molecule has 21 heavy (non-hydrogen) atoms. The number of hydrazine groups is 1. The maximum atomic E-state index is 11.5. The molecule has 0 spiro atoms. The van der Waals surface area contributed by atoms with Gasteiger partial charge in [0.1, 0.15) is 5.69 Å². The van der Waals surface area contributed by atoms with Crippen molar-refractivity contribution in [1.29, 1.82) is 0 Å². The van der Waals surface area contributed by atoms with Gasteiger partial charge >= 0.3 is 0 Å². The Labute approximate surface area is 129 Å². The number of benzene rings is 1. The van der Waals surface area contributed by atoms with E-state index in [0.29, 0.717) is 12.2 Å². The van der Waals surface area contributed by atoms with Crippen LogP contribution in [0.15, 0.2) is 53.1 Å². The molecule has 106 valence electrons. The number of hydrogen-bond donors (Lipinski definition) is 2. The molecule has 5 nitrogen and oxygen atoms in total. The topological polar surface area (TPSA) is 72.9 Å². The number of nitrogen functional groups attached to an aromatic ring is 1. The highest BCUT2D eigenvalue weighted by Gasteiger charge is 2.09. The molecular formula is C15H13BrN4O. The molecule has 0 atom stereocenters. The monoisotopic (exact) mass is 344 g/mol. The molecule has 0 bridgehead atoms. The van der Waals surface area contributed by atoms with Gasteiger partial charge in [-0.1, -0.05) is 24.3 Å². The van der Waals surface area contributed by atoms with Gasteiger partial charge in [-0.05, 0) is 34.1 Å². The largest absolute Gasteiger partial charge is 0.340 e. The maximum Gasteiger partial charge on any atom is 0.283 e. The van der Waals surface area contributed by atoms with Crippen LogP contribution < -0.4 is 11.3 Å². The molecule has 0 aliphatic carbocycles. The van der Waals surface area contributed by atoms with Crippen LogP contribution >= 0.6 is 15.9 Å². The van der Waals surface area contributed by atoms with E-state index >= 15 is 0 Å². The molecule has 3 rings (SSSR count). The highest BCUT2D eigenvalue weighted by molar-refractivity contribution is 9.10. The van der Waals surface area contributed by atoms with Crippen molar-refractivity contribution in [2.75, 3.05) is 0 Å². The number of halogens is 1. The average molecular weight is 345 g/mol. The van der Waals surface area contributed by atoms with Gasteiger partial charge in [0.2, 0.25) is 0 Å². The van der Waals surface area contributed by atoms with Crippen LogP contribution in [0.2, 0.25) is 0 Å². The van der Waals surface area contributed by atoms with E-state index in [9.17, 15) is 4.79 Å². The predicted molar refractivity (Wildman–Crippen MR) is 84.6 cm³/mol. The minimum Gasteiger partial charge on any atom is -0.340 e. The molecule has 1 amide bonds. The SMILES string of the molecule is NNC(=O)c1cccc(Cn2cc(Br)c3ccccc32)n1. The third kappa shape index (κ3) is 2.68. The molecule has 1 aromatic carbocycles. The van der Waals surface area contributed by atoms with Crippen LogP contribution in [0.3, 0.4) is 0 Å². The normalized spacial score (nSPS) is 10.8. The van der Waals surface area contributed by atoms with Crippen molar-refractivity contribution < 1.29 is 4.79 Å². The first-order chi connectivity index (χ1) is 10.2. The number of para-hydroxylation sites is 1. The molecular weight excluding hydrogens is 332 g/mol. The molecule has 6 heteroatoms. The van der Waals surface area contributed by atoms with E-state index in [-0.39, 0.29) is 0 Å². The highest BCUT2D eigenvalue weighted by atomic mass is 79.9. The van der Waals surface area contributed by atoms with Crippen LogP contribution in [-0.4, -0.2) is 15.5 Å². The third-order valence-electron chi connectivity index (χ3n) is 3.24. The lowest BCUT2D eigenvalue weighted by atomic mass is 10.2. The van der Waals surface area contributed by atoms with E-state index in [2.05, 4.69) is 43.0 Å². The van der Waals surface area contributed by atoms with E-state index < -0.39 is 5.91 Å². The van der Waals surface area contributed by atoms with Crippen LogP contribution in [0.25, 0.3) is 10.9 Å². The number of aromatic nitrogens is 2. The van der Waals surface area contributed by atoms with E-state index in [1.165, 1.54) is 0 Å². The first kappa shape index (κ1) is 13.8. The number of nitrogens with zero attached hydrogens (tertiary/aromatic N) is 2. The lowest BCUT2D eigenvalue weighted by Gasteiger charge is -2.06. The van der Waals surface area contributed by atoms with Crippen LogP contribution in [-0.2, 0) is 6.54 Å². The second-order valence-corrected chi connectivity index (χ2v) is 5.46. The number of rotatable bonds is 3. The molecule has 2 aromatic heterocycles. The van der Waals surface area contributed by atoms with E-state index in [1.54, 1.807) is 12.1 Å². The molecule has 0 fully saturated rings. The first-order valence-corrected chi connectivity index (χ1v) is 7.18. The van der Waals surface area contributed by atoms with E-state index in [4.69, 9.17) is 5.84 Å². The minimum atomic E-state index is -0.393. The number of amides is 1. The van der Waals surface area contributed by atoms with Crippen molar-refractivity contribution in [2.45, 2.75) is 6.54 Å². The fourth-order valence-electron chi connectivity index (χ4n) is 2.28. The Morgan fingerprint density at radius 3 is 2.86 bits per heavy atom. The molecule has 3 N–H and O–H groups in total. The van der Waals surface area contributed by atoms with Crippen molar-refractivity contribution in [2.24, 2.45) is 5.84 Å². The summed E-state index contributed by atoms with van der Waals surface area (Å²) in [5.74, 6) is 4.74. The molecule has 0 radical (unpaired) electrons. The van der Waals surface area contributed by atoms with Crippen molar-refractivity contribution >= 4 is 32.7 Å². The summed E-state index contributed by atoms with van der Waals surface area (Å²) in [6, 6.07) is 13.4. The zero-order valence-corrected chi connectivity index (χ0v) is 12.7. The fraction of sp³-hybridized carbons (Fsp3) is 0.0667. The van der Waals surface area contributed by atoms with Crippen LogP contribution in [0.4, 0.5) is 0 Å². The van der Waals surface area contributed by atoms with Gasteiger partial charge in [0, 0.05) is 21.6 Å². The summed E-state index contributed by atoms with van der Waals surface area (Å²) in [4.78, 5) is 15.8. The molecule has 0 saturated heterocycles. The summed E-state index contributed by atoms with van der Waals surface area (Å²) in [5.41, 5.74) is 4.31. The Balaban J connectivity index is 1.97. The number of fused-ring (bicyclic) bond motifs is 1. The molecule has 0 saturated carbocycles. The summed E-state index contributed by atoms with van der Waals surface area (Å²) in [6.45, 7) is 0.581. The molecule has 0 aliphatic rings. The first-order valence-electron chi connectivity index (χ1n) is 6.39. The Kier molecular flexibility index (Phi) is 3.72. The summed E-state index contributed by atoms with van der Waals surface area (Å²) in [7, 11) is 0. The van der Waals surface area contributed by atoms with E-state index in [0.717, 1.165) is 21.1 Å². The molecule has 0 unspecified atom stereocenters. The van der Waals surface area contributed by atoms with Crippen LogP contribution in [0.5, 0.6) is 0 Å². The van der Waals surface area contributed by atoms with E-state index in [1.807, 2.05) is 24.4 Å². The van der Waals surface area contributed by atoms with Gasteiger partial charge in [0.25, 0.3) is 5.91 Å². The number of nitrogens with two attached hydrogens (primary N) is 1. The number of hydrogen-bond acceptors (Lipinski definition) is 3. The predicted octanol–water partition coefficient (Wildman–Crippen LogP) is 2.45. The zero-order chi connectivity index (χ0) is 14.8. The Bertz CT molecular complexity index is 812. The maximum absolute atomic E-state index is 11.5. The van der Waals surface area contributed by atoms with Gasteiger partial charge in [-0.3, -0.25) is 10.2 Å². The molecule has 3 aromatic rings. The second kappa shape index (κ2) is 5.67. The number of carbonyl (C=O) groups excluding carboxylic acids is 1. The van der Waals surface area contributed by atoms with Crippen LogP contribution in [0.1, 0.15) is 16.2 Å². The third-order valence-corrected chi connectivity index (χ3v) is 3.87. The minimum absolute atomic E-state index is 0.311. The highest BCUT2D eigenvalue weighted by Crippen LogP contribution is 2.26. The zero-order valence-electron chi connectivity index (χ0n) is 11.1. The Morgan fingerprint density at radius 1 is 1.24 bits per heavy atom. The van der Waals surface area contributed by atoms with Gasteiger partial charge in [0.15, 0.2) is 0 Å². The molecule has 0 aliphatic heterocycles. The Morgan fingerprint density at radius 2 is 2.05 bits per heavy atom. The summed E-state index contributed by atoms with van der Waals surface area (Å²) < 4.78 is 3.13. The van der Waals surface area contributed by atoms with Crippen molar-refractivity contribution in [3.63, 3.8) is 0 Å². The fourth-order valence-corrected chi connectivity index (χ4v) is 2.86. The lowest BCUT2D eigenvalue weighted by molar-refractivity contribution is 0.0948. The number of carbonyl (C=O) groups is 1. The average Bonchev–Trinajstić information content (AvgIpc) is 2.83. The second-order valence-electron chi connectivity index (χ2n) is 4.61. The van der Waals surface area contributed by atoms with Gasteiger partial charge in [-0.15, -0.1) is 0 Å². The Hall–Kier alpha value is -2.18. The van der Waals surface area contributed by atoms with Gasteiger partial charge < -0.3 is 4.57 Å². The lowest BCUT2D eigenvalue weighted by Crippen LogP contribution is -2.30. The van der Waals surface area contributed by atoms with Gasteiger partial charge in [0.05, 0.1) is 12.2 Å². The van der Waals surface area contributed by atoms with Crippen molar-refractivity contribution in [3.05, 3.63) is 64.5 Å². The number of nitrogens with one attached hydrogen (secondary N) is 1. The van der Waals surface area contributed by atoms with Gasteiger partial charge in [-0.25, -0.2) is 10.8 Å². The quantitative estimate of drug-likeness (QED) is 0.435. The van der Waals surface area contributed by atoms with Crippen molar-refractivity contribution in [1.82, 2.24) is 15.0 Å². The standard InChI is InChI=1S/C15H13BrN4O/c16-12-9-20(14-7-2-1-5-11(12)14)8-10-4-3-6-13(18-10)15(21)19-17/h1-7,9H,8,17H2,(H,19,21). The summed E-state index contributed by atoms with van der Waals surface area (Å²) in [5, 5.41) is 1.15. The van der Waals surface area contributed by atoms with Gasteiger partial charge in [-0.2, -0.15) is 0 Å². The van der Waals surface area contributed by atoms with Crippen molar-refractivity contribution in [3.8, 4) is 0 Å².